The van der Waals surface area contributed by atoms with Crippen LogP contribution in [0, 0.1) is 0 Å². The predicted octanol–water partition coefficient (Wildman–Crippen LogP) is 3.48. The SMILES string of the molecule is COCCc1nc(-c2ccc3c(c2)N(CC(=O)Nc2ccc4c(c2)OCO4)C(=O)C(C)O3)cs1. The zero-order valence-electron chi connectivity index (χ0n) is 18.7. The number of rotatable bonds is 7. The highest BCUT2D eigenvalue weighted by Gasteiger charge is 2.33. The number of methoxy groups -OCH3 is 1. The fourth-order valence-corrected chi connectivity index (χ4v) is 4.58. The molecular formula is C24H23N3O6S. The van der Waals surface area contributed by atoms with E-state index in [-0.39, 0.29) is 25.2 Å². The van der Waals surface area contributed by atoms with Gasteiger partial charge in [0, 0.05) is 36.2 Å². The largest absolute Gasteiger partial charge is 0.479 e. The van der Waals surface area contributed by atoms with Gasteiger partial charge in [-0.3, -0.25) is 14.5 Å². The Morgan fingerprint density at radius 2 is 2.03 bits per heavy atom. The maximum absolute atomic E-state index is 13.0. The van der Waals surface area contributed by atoms with Crippen molar-refractivity contribution in [3.8, 4) is 28.5 Å². The molecule has 2 amide bonds. The van der Waals surface area contributed by atoms with E-state index in [1.165, 1.54) is 4.90 Å². The lowest BCUT2D eigenvalue weighted by molar-refractivity contribution is -0.127. The van der Waals surface area contributed by atoms with Gasteiger partial charge in [-0.05, 0) is 37.3 Å². The molecule has 3 aromatic rings. The Labute approximate surface area is 200 Å². The molecule has 2 aliphatic rings. The second kappa shape index (κ2) is 9.32. The van der Waals surface area contributed by atoms with Crippen molar-refractivity contribution in [1.29, 1.82) is 0 Å². The Morgan fingerprint density at radius 1 is 1.21 bits per heavy atom. The van der Waals surface area contributed by atoms with Crippen LogP contribution in [0.2, 0.25) is 0 Å². The molecule has 0 spiro atoms. The summed E-state index contributed by atoms with van der Waals surface area (Å²) in [6, 6.07) is 10.7. The van der Waals surface area contributed by atoms with Crippen molar-refractivity contribution in [1.82, 2.24) is 4.98 Å². The molecule has 176 valence electrons. The Hall–Kier alpha value is -3.63. The first-order chi connectivity index (χ1) is 16.5. The number of nitrogens with one attached hydrogen (secondary N) is 1. The van der Waals surface area contributed by atoms with Gasteiger partial charge < -0.3 is 24.3 Å². The molecule has 0 aliphatic carbocycles. The van der Waals surface area contributed by atoms with E-state index in [9.17, 15) is 9.59 Å². The molecule has 1 N–H and O–H groups in total. The Kier molecular flexibility index (Phi) is 6.08. The molecule has 0 saturated carbocycles. The van der Waals surface area contributed by atoms with Crippen LogP contribution in [0.15, 0.2) is 41.8 Å². The zero-order valence-corrected chi connectivity index (χ0v) is 19.5. The van der Waals surface area contributed by atoms with Gasteiger partial charge in [-0.25, -0.2) is 4.98 Å². The van der Waals surface area contributed by atoms with Gasteiger partial charge >= 0.3 is 0 Å². The average molecular weight is 482 g/mol. The molecule has 1 atom stereocenters. The highest BCUT2D eigenvalue weighted by Crippen LogP contribution is 2.38. The minimum absolute atomic E-state index is 0.152. The van der Waals surface area contributed by atoms with Crippen LogP contribution in [-0.2, 0) is 20.7 Å². The van der Waals surface area contributed by atoms with Crippen LogP contribution in [0.4, 0.5) is 11.4 Å². The van der Waals surface area contributed by atoms with Crippen molar-refractivity contribution in [2.75, 3.05) is 37.3 Å². The molecular weight excluding hydrogens is 458 g/mol. The van der Waals surface area contributed by atoms with Crippen LogP contribution in [-0.4, -0.2) is 50.0 Å². The second-order valence-electron chi connectivity index (χ2n) is 7.85. The zero-order chi connectivity index (χ0) is 23.7. The Balaban J connectivity index is 1.37. The number of thiazole rings is 1. The van der Waals surface area contributed by atoms with Crippen molar-refractivity contribution < 1.29 is 28.5 Å². The maximum atomic E-state index is 13.0. The normalized spacial score (nSPS) is 16.2. The predicted molar refractivity (Wildman–Crippen MR) is 127 cm³/mol. The van der Waals surface area contributed by atoms with Crippen molar-refractivity contribution >= 4 is 34.5 Å². The summed E-state index contributed by atoms with van der Waals surface area (Å²) in [7, 11) is 1.66. The van der Waals surface area contributed by atoms with E-state index in [2.05, 4.69) is 10.3 Å². The molecule has 1 aromatic heterocycles. The maximum Gasteiger partial charge on any atom is 0.268 e. The van der Waals surface area contributed by atoms with E-state index in [1.807, 2.05) is 23.6 Å². The first-order valence-electron chi connectivity index (χ1n) is 10.8. The fourth-order valence-electron chi connectivity index (χ4n) is 3.80. The summed E-state index contributed by atoms with van der Waals surface area (Å²) in [5, 5.41) is 5.76. The number of anilines is 2. The lowest BCUT2D eigenvalue weighted by atomic mass is 10.1. The van der Waals surface area contributed by atoms with E-state index in [0.717, 1.165) is 22.7 Å². The van der Waals surface area contributed by atoms with Crippen LogP contribution in [0.25, 0.3) is 11.3 Å². The summed E-state index contributed by atoms with van der Waals surface area (Å²) in [5.41, 5.74) is 2.73. The number of amides is 2. The summed E-state index contributed by atoms with van der Waals surface area (Å²) in [4.78, 5) is 31.9. The van der Waals surface area contributed by atoms with Gasteiger partial charge in [-0.15, -0.1) is 11.3 Å². The van der Waals surface area contributed by atoms with E-state index in [0.29, 0.717) is 35.2 Å². The van der Waals surface area contributed by atoms with Crippen molar-refractivity contribution in [2.45, 2.75) is 19.4 Å². The molecule has 0 bridgehead atoms. The van der Waals surface area contributed by atoms with Crippen molar-refractivity contribution in [2.24, 2.45) is 0 Å². The van der Waals surface area contributed by atoms with E-state index in [1.54, 1.807) is 43.6 Å². The van der Waals surface area contributed by atoms with Gasteiger partial charge in [-0.1, -0.05) is 0 Å². The molecule has 34 heavy (non-hydrogen) atoms. The van der Waals surface area contributed by atoms with E-state index < -0.39 is 6.10 Å². The summed E-state index contributed by atoms with van der Waals surface area (Å²) >= 11 is 1.56. The van der Waals surface area contributed by atoms with Crippen LogP contribution in [0.3, 0.4) is 0 Å². The molecule has 3 heterocycles. The van der Waals surface area contributed by atoms with Gasteiger partial charge in [0.05, 0.1) is 23.0 Å². The summed E-state index contributed by atoms with van der Waals surface area (Å²) in [5.74, 6) is 1.11. The summed E-state index contributed by atoms with van der Waals surface area (Å²) in [6.45, 7) is 2.26. The van der Waals surface area contributed by atoms with Gasteiger partial charge in [0.15, 0.2) is 17.6 Å². The van der Waals surface area contributed by atoms with Gasteiger partial charge in [0.1, 0.15) is 12.3 Å². The molecule has 2 aromatic carbocycles. The number of ether oxygens (including phenoxy) is 4. The van der Waals surface area contributed by atoms with Gasteiger partial charge in [-0.2, -0.15) is 0 Å². The van der Waals surface area contributed by atoms with E-state index in [4.69, 9.17) is 18.9 Å². The number of hydrogen-bond acceptors (Lipinski definition) is 8. The minimum Gasteiger partial charge on any atom is -0.479 e. The number of benzene rings is 2. The molecule has 0 radical (unpaired) electrons. The average Bonchev–Trinajstić information content (AvgIpc) is 3.50. The molecule has 5 rings (SSSR count). The molecule has 1 unspecified atom stereocenters. The molecule has 10 heteroatoms. The molecule has 9 nitrogen and oxygen atoms in total. The lowest BCUT2D eigenvalue weighted by Crippen LogP contribution is -2.47. The monoisotopic (exact) mass is 481 g/mol. The second-order valence-corrected chi connectivity index (χ2v) is 8.80. The number of carbonyl (C=O) groups excluding carboxylic acids is 2. The van der Waals surface area contributed by atoms with E-state index >= 15 is 0 Å². The number of fused-ring (bicyclic) bond motifs is 2. The molecule has 0 fully saturated rings. The first-order valence-corrected chi connectivity index (χ1v) is 11.6. The van der Waals surface area contributed by atoms with Gasteiger partial charge in [0.25, 0.3) is 5.91 Å². The van der Waals surface area contributed by atoms with Crippen LogP contribution in [0.5, 0.6) is 17.2 Å². The van der Waals surface area contributed by atoms with Crippen LogP contribution in [0.1, 0.15) is 11.9 Å². The number of carbonyl (C=O) groups is 2. The standard InChI is InChI=1S/C24H23N3O6S/c1-14-24(29)27(11-22(28)25-16-4-6-20-21(10-16)32-13-31-20)18-9-15(3-5-19(18)33-14)17-12-34-23(26-17)7-8-30-2/h3-6,9-10,12,14H,7-8,11,13H2,1-2H3,(H,25,28). The quantitative estimate of drug-likeness (QED) is 0.552. The van der Waals surface area contributed by atoms with Crippen LogP contribution >= 0.6 is 11.3 Å². The Morgan fingerprint density at radius 3 is 2.88 bits per heavy atom. The number of hydrogen-bond donors (Lipinski definition) is 1. The molecule has 0 saturated heterocycles. The smallest absolute Gasteiger partial charge is 0.268 e. The first kappa shape index (κ1) is 22.2. The topological polar surface area (TPSA) is 99.2 Å². The third-order valence-electron chi connectivity index (χ3n) is 5.49. The van der Waals surface area contributed by atoms with Crippen LogP contribution < -0.4 is 24.4 Å². The third-order valence-corrected chi connectivity index (χ3v) is 6.40. The third kappa shape index (κ3) is 4.42. The van der Waals surface area contributed by atoms with Crippen molar-refractivity contribution in [3.05, 3.63) is 46.8 Å². The Bertz CT molecular complexity index is 1240. The number of aromatic nitrogens is 1. The van der Waals surface area contributed by atoms with Crippen molar-refractivity contribution in [3.63, 3.8) is 0 Å². The lowest BCUT2D eigenvalue weighted by Gasteiger charge is -2.32. The summed E-state index contributed by atoms with van der Waals surface area (Å²) < 4.78 is 21.6. The molecule has 2 aliphatic heterocycles. The van der Waals surface area contributed by atoms with Gasteiger partial charge in [0.2, 0.25) is 12.7 Å². The highest BCUT2D eigenvalue weighted by atomic mass is 32.1. The summed E-state index contributed by atoms with van der Waals surface area (Å²) in [6.07, 6.45) is 0.0359. The fraction of sp³-hybridized carbons (Fsp3) is 0.292. The highest BCUT2D eigenvalue weighted by molar-refractivity contribution is 7.09. The minimum atomic E-state index is -0.698. The number of nitrogens with zero attached hydrogens (tertiary/aromatic N) is 2.